The predicted octanol–water partition coefficient (Wildman–Crippen LogP) is 5.08. The third kappa shape index (κ3) is 5.35. The van der Waals surface area contributed by atoms with Crippen LogP contribution in [-0.2, 0) is 11.3 Å². The average Bonchev–Trinajstić information content (AvgIpc) is 3.54. The Kier molecular flexibility index (Phi) is 7.54. The van der Waals surface area contributed by atoms with Crippen molar-refractivity contribution in [2.75, 3.05) is 30.0 Å². The van der Waals surface area contributed by atoms with Gasteiger partial charge in [-0.25, -0.2) is 24.0 Å². The average molecular weight is 593 g/mol. The smallest absolute Gasteiger partial charge is 0.248 e. The molecule has 0 bridgehead atoms. The van der Waals surface area contributed by atoms with E-state index in [1.807, 2.05) is 6.92 Å². The lowest BCUT2D eigenvalue weighted by Gasteiger charge is -2.52. The Morgan fingerprint density at radius 2 is 1.95 bits per heavy atom. The maximum atomic E-state index is 14.5. The molecule has 0 radical (unpaired) electrons. The van der Waals surface area contributed by atoms with Crippen molar-refractivity contribution in [3.8, 4) is 0 Å². The zero-order chi connectivity index (χ0) is 29.1. The van der Waals surface area contributed by atoms with E-state index in [1.54, 1.807) is 6.07 Å². The van der Waals surface area contributed by atoms with Crippen molar-refractivity contribution in [3.63, 3.8) is 0 Å². The van der Waals surface area contributed by atoms with Crippen molar-refractivity contribution in [2.24, 2.45) is 11.8 Å². The third-order valence-electron chi connectivity index (χ3n) is 8.82. The predicted molar refractivity (Wildman–Crippen MR) is 152 cm³/mol. The molecule has 3 N–H and O–H groups in total. The summed E-state index contributed by atoms with van der Waals surface area (Å²) in [5, 5.41) is 0.0176. The molecule has 1 saturated carbocycles. The molecule has 9 nitrogen and oxygen atoms in total. The third-order valence-corrected chi connectivity index (χ3v) is 9.13. The van der Waals surface area contributed by atoms with Gasteiger partial charge in [0.05, 0.1) is 17.7 Å². The van der Waals surface area contributed by atoms with Crippen molar-refractivity contribution >= 4 is 34.5 Å². The van der Waals surface area contributed by atoms with Crippen LogP contribution in [0.15, 0.2) is 18.2 Å². The summed E-state index contributed by atoms with van der Waals surface area (Å²) in [4.78, 5) is 18.7. The number of nitrogens with zero attached hydrogens (tertiary/aromatic N) is 6. The van der Waals surface area contributed by atoms with Gasteiger partial charge in [-0.1, -0.05) is 17.7 Å². The number of benzene rings is 1. The lowest BCUT2D eigenvalue weighted by molar-refractivity contribution is -0.137. The van der Waals surface area contributed by atoms with Crippen LogP contribution in [-0.4, -0.2) is 68.2 Å². The van der Waals surface area contributed by atoms with E-state index in [2.05, 4.69) is 38.6 Å². The Morgan fingerprint density at radius 1 is 1.17 bits per heavy atom. The first-order valence-corrected chi connectivity index (χ1v) is 14.6. The number of aromatic nitrogens is 4. The number of nitrogen functional groups attached to an aromatic ring is 1. The number of ether oxygens (including phenoxy) is 1. The molecule has 4 atom stereocenters. The zero-order valence-corrected chi connectivity index (χ0v) is 24.2. The number of hydrogen-bond donors (Lipinski definition) is 2. The topological polar surface area (TPSA) is 97.4 Å². The standard InChI is InChI=1S/C28H36ClF3N8O/c1-15-13-39(25-23-26(36-27(35-25)37-33)40(17(3)34-23)14-20-5-4-8-41-20)16(2)12-38(15)24(19-10-28(31,32)11-19)18-6-7-21(29)22(30)9-18/h6-7,9,15-16,19-20,24H,4-5,8,10-14,33H2,1-3H3,(H,35,36,37)/t15-,16+,20+,24?/m1/s1. The zero-order valence-electron chi connectivity index (χ0n) is 23.5. The first-order valence-electron chi connectivity index (χ1n) is 14.2. The number of hydrogen-bond acceptors (Lipinski definition) is 8. The van der Waals surface area contributed by atoms with Gasteiger partial charge in [0.15, 0.2) is 17.0 Å². The summed E-state index contributed by atoms with van der Waals surface area (Å²) in [5.41, 5.74) is 4.64. The van der Waals surface area contributed by atoms with E-state index in [0.717, 1.165) is 25.3 Å². The van der Waals surface area contributed by atoms with Crippen LogP contribution in [0.1, 0.15) is 57.0 Å². The van der Waals surface area contributed by atoms with Crippen LogP contribution in [0.5, 0.6) is 0 Å². The second-order valence-electron chi connectivity index (χ2n) is 11.8. The fourth-order valence-corrected chi connectivity index (χ4v) is 6.89. The fraction of sp³-hybridized carbons (Fsp3) is 0.607. The number of halogens is 4. The SMILES string of the molecule is Cc1nc2c(N3C[C@@H](C)N(C(c4ccc(Cl)c(F)c4)C4CC(F)(F)C4)C[C@@H]3C)nc(NN)nc2n1C[C@@H]1CCCO1. The summed E-state index contributed by atoms with van der Waals surface area (Å²) in [5.74, 6) is 4.03. The maximum Gasteiger partial charge on any atom is 0.248 e. The molecule has 3 fully saturated rings. The van der Waals surface area contributed by atoms with Crippen molar-refractivity contribution in [2.45, 2.75) is 83.2 Å². The highest BCUT2D eigenvalue weighted by atomic mass is 35.5. The van der Waals surface area contributed by atoms with E-state index in [0.29, 0.717) is 42.2 Å². The molecule has 1 aliphatic carbocycles. The van der Waals surface area contributed by atoms with Gasteiger partial charge < -0.3 is 14.2 Å². The van der Waals surface area contributed by atoms with E-state index in [1.165, 1.54) is 12.1 Å². The number of hydrazine groups is 1. The van der Waals surface area contributed by atoms with Gasteiger partial charge in [-0.3, -0.25) is 10.3 Å². The number of nitrogens with two attached hydrogens (primary N) is 1. The van der Waals surface area contributed by atoms with Crippen LogP contribution in [0, 0.1) is 18.7 Å². The molecule has 1 unspecified atom stereocenters. The Morgan fingerprint density at radius 3 is 2.61 bits per heavy atom. The molecule has 1 aromatic carbocycles. The summed E-state index contributed by atoms with van der Waals surface area (Å²) in [6.07, 6.45) is 1.69. The number of fused-ring (bicyclic) bond motifs is 1. The van der Waals surface area contributed by atoms with Crippen molar-refractivity contribution in [1.29, 1.82) is 0 Å². The first kappa shape index (κ1) is 28.4. The second kappa shape index (κ2) is 10.9. The monoisotopic (exact) mass is 592 g/mol. The van der Waals surface area contributed by atoms with Crippen molar-refractivity contribution in [3.05, 3.63) is 40.4 Å². The van der Waals surface area contributed by atoms with Crippen LogP contribution < -0.4 is 16.2 Å². The highest BCUT2D eigenvalue weighted by Crippen LogP contribution is 2.51. The number of anilines is 2. The molecule has 2 saturated heterocycles. The van der Waals surface area contributed by atoms with Crippen molar-refractivity contribution in [1.82, 2.24) is 24.4 Å². The molecule has 41 heavy (non-hydrogen) atoms. The molecule has 6 rings (SSSR count). The van der Waals surface area contributed by atoms with Gasteiger partial charge in [0.2, 0.25) is 11.9 Å². The van der Waals surface area contributed by atoms with Gasteiger partial charge in [-0.05, 0) is 57.2 Å². The minimum absolute atomic E-state index is 0.0176. The molecular formula is C28H36ClF3N8O. The molecule has 222 valence electrons. The Hall–Kier alpha value is -2.67. The molecule has 13 heteroatoms. The number of aryl methyl sites for hydroxylation is 1. The summed E-state index contributed by atoms with van der Waals surface area (Å²) in [6, 6.07) is 4.18. The Bertz CT molecular complexity index is 1420. The van der Waals surface area contributed by atoms with Gasteiger partial charge in [0, 0.05) is 50.7 Å². The largest absolute Gasteiger partial charge is 0.376 e. The first-order chi connectivity index (χ1) is 19.5. The lowest BCUT2D eigenvalue weighted by Crippen LogP contribution is -2.59. The minimum Gasteiger partial charge on any atom is -0.376 e. The van der Waals surface area contributed by atoms with E-state index >= 15 is 0 Å². The van der Waals surface area contributed by atoms with Gasteiger partial charge in [0.1, 0.15) is 11.6 Å². The number of rotatable bonds is 7. The number of nitrogens with one attached hydrogen (secondary N) is 1. The van der Waals surface area contributed by atoms with Crippen LogP contribution in [0.4, 0.5) is 24.9 Å². The fourth-order valence-electron chi connectivity index (χ4n) is 6.77. The molecule has 0 amide bonds. The molecule has 3 aliphatic rings. The number of alkyl halides is 2. The minimum atomic E-state index is -2.69. The van der Waals surface area contributed by atoms with E-state index in [9.17, 15) is 13.2 Å². The van der Waals surface area contributed by atoms with E-state index in [4.69, 9.17) is 32.1 Å². The Labute approximate surface area is 242 Å². The van der Waals surface area contributed by atoms with Crippen molar-refractivity contribution < 1.29 is 17.9 Å². The van der Waals surface area contributed by atoms with Gasteiger partial charge in [-0.2, -0.15) is 9.97 Å². The lowest BCUT2D eigenvalue weighted by atomic mass is 9.73. The quantitative estimate of drug-likeness (QED) is 0.290. The molecule has 0 spiro atoms. The number of piperazine rings is 1. The van der Waals surface area contributed by atoms with E-state index in [-0.39, 0.29) is 54.0 Å². The molecule has 3 aromatic rings. The highest BCUT2D eigenvalue weighted by molar-refractivity contribution is 6.30. The molecule has 2 aromatic heterocycles. The molecule has 4 heterocycles. The highest BCUT2D eigenvalue weighted by Gasteiger charge is 2.51. The van der Waals surface area contributed by atoms with Crippen LogP contribution in [0.2, 0.25) is 5.02 Å². The normalized spacial score (nSPS) is 26.0. The molecular weight excluding hydrogens is 557 g/mol. The Balaban J connectivity index is 1.32. The van der Waals surface area contributed by atoms with Crippen LogP contribution in [0.25, 0.3) is 11.2 Å². The summed E-state index contributed by atoms with van der Waals surface area (Å²) >= 11 is 5.96. The van der Waals surface area contributed by atoms with Crippen LogP contribution >= 0.6 is 11.6 Å². The number of imidazole rings is 1. The summed E-state index contributed by atoms with van der Waals surface area (Å²) < 4.78 is 50.5. The van der Waals surface area contributed by atoms with Gasteiger partial charge in [-0.15, -0.1) is 0 Å². The molecule has 2 aliphatic heterocycles. The van der Waals surface area contributed by atoms with Crippen LogP contribution in [0.3, 0.4) is 0 Å². The second-order valence-corrected chi connectivity index (χ2v) is 12.2. The van der Waals surface area contributed by atoms with Gasteiger partial charge in [0.25, 0.3) is 0 Å². The maximum absolute atomic E-state index is 14.5. The van der Waals surface area contributed by atoms with E-state index < -0.39 is 11.7 Å². The summed E-state index contributed by atoms with van der Waals surface area (Å²) in [7, 11) is 0. The summed E-state index contributed by atoms with van der Waals surface area (Å²) in [6.45, 7) is 8.62. The van der Waals surface area contributed by atoms with Gasteiger partial charge >= 0.3 is 0 Å².